The fraction of sp³-hybridized carbons (Fsp3) is 0.273. The zero-order valence-corrected chi connectivity index (χ0v) is 13.3. The Hall–Kier alpha value is -1.22. The first-order chi connectivity index (χ1) is 9.38. The zero-order valence-electron chi connectivity index (χ0n) is 10.9. The summed E-state index contributed by atoms with van der Waals surface area (Å²) >= 11 is 6.74. The van der Waals surface area contributed by atoms with Crippen molar-refractivity contribution in [2.24, 2.45) is 0 Å². The van der Waals surface area contributed by atoms with Gasteiger partial charge in [-0.2, -0.15) is 0 Å². The molecule has 0 aliphatic carbocycles. The average Bonchev–Trinajstić information content (AvgIpc) is 2.84. The Bertz CT molecular complexity index is 700. The van der Waals surface area contributed by atoms with Crippen LogP contribution in [0, 0.1) is 0 Å². The summed E-state index contributed by atoms with van der Waals surface area (Å²) in [5.74, 6) is 1.12. The van der Waals surface area contributed by atoms with Gasteiger partial charge in [-0.25, -0.2) is 23.1 Å². The number of anilines is 1. The van der Waals surface area contributed by atoms with E-state index in [1.807, 2.05) is 19.0 Å². The van der Waals surface area contributed by atoms with Crippen molar-refractivity contribution in [2.75, 3.05) is 19.0 Å². The van der Waals surface area contributed by atoms with Crippen LogP contribution in [0.2, 0.25) is 4.34 Å². The minimum Gasteiger partial charge on any atom is -0.363 e. The van der Waals surface area contributed by atoms with Crippen LogP contribution >= 0.6 is 22.9 Å². The van der Waals surface area contributed by atoms with E-state index in [0.29, 0.717) is 16.0 Å². The molecule has 20 heavy (non-hydrogen) atoms. The maximum atomic E-state index is 12.0. The molecule has 6 nitrogen and oxygen atoms in total. The normalized spacial score (nSPS) is 11.6. The highest BCUT2D eigenvalue weighted by Gasteiger charge is 2.16. The van der Waals surface area contributed by atoms with Gasteiger partial charge < -0.3 is 4.90 Å². The van der Waals surface area contributed by atoms with E-state index >= 15 is 0 Å². The van der Waals surface area contributed by atoms with E-state index in [4.69, 9.17) is 11.6 Å². The first kappa shape index (κ1) is 15.2. The number of hydrogen-bond acceptors (Lipinski definition) is 6. The van der Waals surface area contributed by atoms with Crippen LogP contribution in [0.1, 0.15) is 5.82 Å². The average molecular weight is 333 g/mol. The van der Waals surface area contributed by atoms with Crippen LogP contribution in [0.15, 0.2) is 28.6 Å². The highest BCUT2D eigenvalue weighted by atomic mass is 35.5. The van der Waals surface area contributed by atoms with Gasteiger partial charge in [0.2, 0.25) is 0 Å². The maximum absolute atomic E-state index is 12.0. The van der Waals surface area contributed by atoms with Gasteiger partial charge in [-0.1, -0.05) is 11.6 Å². The minimum absolute atomic E-state index is 0.0273. The van der Waals surface area contributed by atoms with Gasteiger partial charge in [-0.3, -0.25) is 0 Å². The highest BCUT2D eigenvalue weighted by Crippen LogP contribution is 2.25. The molecule has 9 heteroatoms. The van der Waals surface area contributed by atoms with Gasteiger partial charge in [0.05, 0.1) is 10.9 Å². The Morgan fingerprint density at radius 2 is 2.10 bits per heavy atom. The summed E-state index contributed by atoms with van der Waals surface area (Å²) in [7, 11) is 0.122. The summed E-state index contributed by atoms with van der Waals surface area (Å²) in [6, 6.07) is 4.76. The van der Waals surface area contributed by atoms with Crippen molar-refractivity contribution in [2.45, 2.75) is 10.8 Å². The van der Waals surface area contributed by atoms with Crippen LogP contribution in [0.25, 0.3) is 0 Å². The Morgan fingerprint density at radius 1 is 1.35 bits per heavy atom. The second-order valence-corrected chi connectivity index (χ2v) is 7.82. The van der Waals surface area contributed by atoms with E-state index in [0.717, 1.165) is 11.3 Å². The number of nitrogens with zero attached hydrogens (tertiary/aromatic N) is 3. The van der Waals surface area contributed by atoms with E-state index in [1.54, 1.807) is 18.3 Å². The summed E-state index contributed by atoms with van der Waals surface area (Å²) in [6.45, 7) is 0.0273. The van der Waals surface area contributed by atoms with Gasteiger partial charge in [0, 0.05) is 20.3 Å². The molecule has 0 saturated heterocycles. The van der Waals surface area contributed by atoms with Crippen molar-refractivity contribution >= 4 is 38.8 Å². The quantitative estimate of drug-likeness (QED) is 0.902. The van der Waals surface area contributed by atoms with Gasteiger partial charge in [-0.15, -0.1) is 11.3 Å². The molecule has 0 amide bonds. The van der Waals surface area contributed by atoms with Gasteiger partial charge in [0.1, 0.15) is 15.9 Å². The van der Waals surface area contributed by atoms with Crippen molar-refractivity contribution in [3.63, 3.8) is 0 Å². The second kappa shape index (κ2) is 6.04. The predicted molar refractivity (Wildman–Crippen MR) is 79.7 cm³/mol. The lowest BCUT2D eigenvalue weighted by Gasteiger charge is -2.11. The number of aromatic nitrogens is 2. The SMILES string of the molecule is CN(C)c1ccnc(CNS(=O)(=O)c2ccc(Cl)s2)n1. The minimum atomic E-state index is -3.58. The van der Waals surface area contributed by atoms with Gasteiger partial charge in [0.25, 0.3) is 10.0 Å². The third kappa shape index (κ3) is 3.66. The molecule has 2 heterocycles. The summed E-state index contributed by atoms with van der Waals surface area (Å²) in [5.41, 5.74) is 0. The molecule has 0 aliphatic rings. The second-order valence-electron chi connectivity index (χ2n) is 4.11. The van der Waals surface area contributed by atoms with Crippen LogP contribution in [0.5, 0.6) is 0 Å². The fourth-order valence-electron chi connectivity index (χ4n) is 1.40. The molecule has 0 unspecified atom stereocenters. The summed E-state index contributed by atoms with van der Waals surface area (Å²) in [5, 5.41) is 0. The summed E-state index contributed by atoms with van der Waals surface area (Å²) in [6.07, 6.45) is 1.59. The molecular weight excluding hydrogens is 320 g/mol. The van der Waals surface area contributed by atoms with Crippen LogP contribution in [-0.2, 0) is 16.6 Å². The van der Waals surface area contributed by atoms with Crippen LogP contribution < -0.4 is 9.62 Å². The summed E-state index contributed by atoms with van der Waals surface area (Å²) < 4.78 is 27.1. The Morgan fingerprint density at radius 3 is 2.70 bits per heavy atom. The molecule has 2 rings (SSSR count). The van der Waals surface area contributed by atoms with E-state index in [-0.39, 0.29) is 10.8 Å². The van der Waals surface area contributed by atoms with Gasteiger partial charge >= 0.3 is 0 Å². The Labute approximate surface area is 126 Å². The maximum Gasteiger partial charge on any atom is 0.250 e. The van der Waals surface area contributed by atoms with E-state index < -0.39 is 10.0 Å². The van der Waals surface area contributed by atoms with Crippen LogP contribution in [0.3, 0.4) is 0 Å². The molecule has 2 aromatic heterocycles. The number of nitrogens with one attached hydrogen (secondary N) is 1. The van der Waals surface area contributed by atoms with E-state index in [9.17, 15) is 8.42 Å². The molecule has 0 fully saturated rings. The lowest BCUT2D eigenvalue weighted by atomic mass is 10.5. The molecule has 0 radical (unpaired) electrons. The smallest absolute Gasteiger partial charge is 0.250 e. The molecule has 0 atom stereocenters. The van der Waals surface area contributed by atoms with Crippen molar-refractivity contribution in [1.82, 2.24) is 14.7 Å². The number of hydrogen-bond donors (Lipinski definition) is 1. The van der Waals surface area contributed by atoms with Crippen molar-refractivity contribution in [1.29, 1.82) is 0 Å². The first-order valence-corrected chi connectivity index (χ1v) is 8.30. The van der Waals surface area contributed by atoms with Gasteiger partial charge in [-0.05, 0) is 18.2 Å². The topological polar surface area (TPSA) is 75.2 Å². The number of halogens is 1. The standard InChI is InChI=1S/C11H13ClN4O2S2/c1-16(2)10-5-6-13-9(15-10)7-14-20(17,18)11-4-3-8(12)19-11/h3-6,14H,7H2,1-2H3. The summed E-state index contributed by atoms with van der Waals surface area (Å²) in [4.78, 5) is 10.1. The Kier molecular flexibility index (Phi) is 4.59. The third-order valence-electron chi connectivity index (χ3n) is 2.38. The molecular formula is C11H13ClN4O2S2. The molecule has 0 aromatic carbocycles. The lowest BCUT2D eigenvalue weighted by molar-refractivity contribution is 0.581. The number of rotatable bonds is 5. The third-order valence-corrected chi connectivity index (χ3v) is 5.51. The fourth-order valence-corrected chi connectivity index (χ4v) is 3.90. The van der Waals surface area contributed by atoms with Crippen LogP contribution in [-0.4, -0.2) is 32.5 Å². The molecule has 2 aromatic rings. The van der Waals surface area contributed by atoms with E-state index in [2.05, 4.69) is 14.7 Å². The molecule has 0 bridgehead atoms. The molecule has 0 spiro atoms. The number of sulfonamides is 1. The largest absolute Gasteiger partial charge is 0.363 e. The van der Waals surface area contributed by atoms with Crippen molar-refractivity contribution < 1.29 is 8.42 Å². The molecule has 1 N–H and O–H groups in total. The zero-order chi connectivity index (χ0) is 14.8. The predicted octanol–water partition coefficient (Wildman–Crippen LogP) is 1.74. The Balaban J connectivity index is 2.10. The van der Waals surface area contributed by atoms with Crippen molar-refractivity contribution in [3.05, 3.63) is 34.6 Å². The van der Waals surface area contributed by atoms with Crippen molar-refractivity contribution in [3.8, 4) is 0 Å². The first-order valence-electron chi connectivity index (χ1n) is 5.63. The lowest BCUT2D eigenvalue weighted by Crippen LogP contribution is -2.24. The monoisotopic (exact) mass is 332 g/mol. The molecule has 108 valence electrons. The van der Waals surface area contributed by atoms with Gasteiger partial charge in [0.15, 0.2) is 0 Å². The highest BCUT2D eigenvalue weighted by molar-refractivity contribution is 7.91. The molecule has 0 aliphatic heterocycles. The molecule has 0 saturated carbocycles. The van der Waals surface area contributed by atoms with Crippen LogP contribution in [0.4, 0.5) is 5.82 Å². The van der Waals surface area contributed by atoms with E-state index in [1.165, 1.54) is 6.07 Å². The number of thiophene rings is 1.